The van der Waals surface area contributed by atoms with Crippen LogP contribution in [0, 0.1) is 19.8 Å². The van der Waals surface area contributed by atoms with Gasteiger partial charge in [-0.25, -0.2) is 0 Å². The molecule has 0 saturated carbocycles. The number of hydrogen-bond donors (Lipinski definition) is 1. The zero-order valence-electron chi connectivity index (χ0n) is 14.7. The van der Waals surface area contributed by atoms with Gasteiger partial charge in [0.1, 0.15) is 6.04 Å². The Bertz CT molecular complexity index is 536. The molecule has 3 heteroatoms. The summed E-state index contributed by atoms with van der Waals surface area (Å²) in [6.07, 6.45) is 4.74. The molecule has 0 aromatic heterocycles. The smallest absolute Gasteiger partial charge is 0.249 e. The van der Waals surface area contributed by atoms with Gasteiger partial charge in [-0.05, 0) is 49.4 Å². The number of nitrogens with zero attached hydrogens (tertiary/aromatic N) is 1. The Hall–Kier alpha value is -1.51. The fourth-order valence-corrected chi connectivity index (χ4v) is 3.03. The molecule has 3 nitrogen and oxygen atoms in total. The Labute approximate surface area is 135 Å². The highest BCUT2D eigenvalue weighted by molar-refractivity contribution is 6.05. The molecule has 122 valence electrons. The van der Waals surface area contributed by atoms with Gasteiger partial charge in [-0.3, -0.25) is 4.79 Å². The molecule has 0 aliphatic carbocycles. The van der Waals surface area contributed by atoms with Gasteiger partial charge < -0.3 is 10.2 Å². The largest absolute Gasteiger partial charge is 0.372 e. The van der Waals surface area contributed by atoms with Crippen molar-refractivity contribution in [3.8, 4) is 0 Å². The molecule has 22 heavy (non-hydrogen) atoms. The lowest BCUT2D eigenvalue weighted by molar-refractivity contribution is -0.120. The van der Waals surface area contributed by atoms with Crippen molar-refractivity contribution >= 4 is 17.3 Å². The minimum Gasteiger partial charge on any atom is -0.372 e. The molecule has 1 aliphatic rings. The fourth-order valence-electron chi connectivity index (χ4n) is 3.03. The summed E-state index contributed by atoms with van der Waals surface area (Å²) in [5, 5.41) is 3.45. The molecule has 1 unspecified atom stereocenters. The van der Waals surface area contributed by atoms with Crippen LogP contribution in [0.3, 0.4) is 0 Å². The third kappa shape index (κ3) is 3.45. The van der Waals surface area contributed by atoms with Crippen LogP contribution >= 0.6 is 0 Å². The Morgan fingerprint density at radius 3 is 2.45 bits per heavy atom. The second kappa shape index (κ2) is 7.17. The van der Waals surface area contributed by atoms with Gasteiger partial charge in [0.25, 0.3) is 0 Å². The van der Waals surface area contributed by atoms with Crippen molar-refractivity contribution in [2.75, 3.05) is 16.8 Å². The van der Waals surface area contributed by atoms with Crippen molar-refractivity contribution in [1.29, 1.82) is 0 Å². The van der Waals surface area contributed by atoms with Crippen LogP contribution in [-0.2, 0) is 4.79 Å². The van der Waals surface area contributed by atoms with Crippen molar-refractivity contribution in [1.82, 2.24) is 0 Å². The van der Waals surface area contributed by atoms with Crippen LogP contribution in [0.1, 0.15) is 57.6 Å². The van der Waals surface area contributed by atoms with Gasteiger partial charge in [0.2, 0.25) is 5.91 Å². The molecular weight excluding hydrogens is 272 g/mol. The first-order valence-electron chi connectivity index (χ1n) is 8.64. The van der Waals surface area contributed by atoms with E-state index in [9.17, 15) is 4.79 Å². The topological polar surface area (TPSA) is 32.3 Å². The molecule has 1 amide bonds. The number of nitrogens with one attached hydrogen (secondary N) is 1. The predicted octanol–water partition coefficient (Wildman–Crippen LogP) is 4.67. The lowest BCUT2D eigenvalue weighted by atomic mass is 9.96. The maximum Gasteiger partial charge on any atom is 0.249 e. The number of anilines is 2. The van der Waals surface area contributed by atoms with Gasteiger partial charge in [-0.2, -0.15) is 0 Å². The average molecular weight is 302 g/mol. The molecular formula is C19H30N2O. The van der Waals surface area contributed by atoms with Gasteiger partial charge in [0, 0.05) is 6.54 Å². The number of unbranched alkanes of at least 4 members (excludes halogenated alkanes) is 3. The zero-order valence-corrected chi connectivity index (χ0v) is 14.7. The summed E-state index contributed by atoms with van der Waals surface area (Å²) in [6, 6.07) is 4.23. The van der Waals surface area contributed by atoms with E-state index in [1.165, 1.54) is 30.4 Å². The van der Waals surface area contributed by atoms with Crippen LogP contribution in [0.4, 0.5) is 11.4 Å². The van der Waals surface area contributed by atoms with Gasteiger partial charge in [0.15, 0.2) is 0 Å². The second-order valence-corrected chi connectivity index (χ2v) is 6.87. The Kier molecular flexibility index (Phi) is 5.49. The molecule has 1 aromatic rings. The Morgan fingerprint density at radius 1 is 1.14 bits per heavy atom. The number of hydrogen-bond acceptors (Lipinski definition) is 2. The summed E-state index contributed by atoms with van der Waals surface area (Å²) in [7, 11) is 0. The van der Waals surface area contributed by atoms with E-state index in [4.69, 9.17) is 0 Å². The number of fused-ring (bicyclic) bond motifs is 1. The first kappa shape index (κ1) is 16.9. The molecule has 1 aromatic carbocycles. The van der Waals surface area contributed by atoms with Gasteiger partial charge in [-0.15, -0.1) is 0 Å². The number of rotatable bonds is 6. The Morgan fingerprint density at radius 2 is 1.82 bits per heavy atom. The van der Waals surface area contributed by atoms with Crippen molar-refractivity contribution in [2.45, 2.75) is 66.3 Å². The highest BCUT2D eigenvalue weighted by Crippen LogP contribution is 2.35. The van der Waals surface area contributed by atoms with Crippen molar-refractivity contribution in [3.63, 3.8) is 0 Å². The monoisotopic (exact) mass is 302 g/mol. The van der Waals surface area contributed by atoms with Crippen molar-refractivity contribution < 1.29 is 4.79 Å². The van der Waals surface area contributed by atoms with E-state index in [0.717, 1.165) is 24.3 Å². The average Bonchev–Trinajstić information content (AvgIpc) is 2.47. The number of carbonyl (C=O) groups excluding carboxylic acids is 1. The minimum atomic E-state index is -0.110. The number of benzene rings is 1. The molecule has 0 bridgehead atoms. The van der Waals surface area contributed by atoms with Gasteiger partial charge >= 0.3 is 0 Å². The molecule has 0 radical (unpaired) electrons. The van der Waals surface area contributed by atoms with Gasteiger partial charge in [0.05, 0.1) is 11.4 Å². The quantitative estimate of drug-likeness (QED) is 0.775. The molecule has 1 atom stereocenters. The standard InChI is InChI=1S/C19H30N2O/c1-6-7-8-9-10-21-17-12-15(5)14(4)11-16(17)20-18(13(2)3)19(21)22/h11-13,18,20H,6-10H2,1-5H3. The summed E-state index contributed by atoms with van der Waals surface area (Å²) in [4.78, 5) is 14.9. The molecule has 1 heterocycles. The number of aryl methyl sites for hydroxylation is 2. The molecule has 1 N–H and O–H groups in total. The maximum absolute atomic E-state index is 12.9. The minimum absolute atomic E-state index is 0.110. The SMILES string of the molecule is CCCCCCN1C(=O)C(C(C)C)Nc2cc(C)c(C)cc21. The summed E-state index contributed by atoms with van der Waals surface area (Å²) in [5.41, 5.74) is 4.68. The van der Waals surface area contributed by atoms with Crippen LogP contribution in [0.2, 0.25) is 0 Å². The summed E-state index contributed by atoms with van der Waals surface area (Å²) < 4.78 is 0. The third-order valence-corrected chi connectivity index (χ3v) is 4.65. The second-order valence-electron chi connectivity index (χ2n) is 6.87. The Balaban J connectivity index is 2.29. The highest BCUT2D eigenvalue weighted by Gasteiger charge is 2.34. The van der Waals surface area contributed by atoms with E-state index in [-0.39, 0.29) is 11.9 Å². The van der Waals surface area contributed by atoms with E-state index in [1.807, 2.05) is 4.90 Å². The van der Waals surface area contributed by atoms with Crippen molar-refractivity contribution in [2.24, 2.45) is 5.92 Å². The van der Waals surface area contributed by atoms with Crippen LogP contribution in [0.5, 0.6) is 0 Å². The van der Waals surface area contributed by atoms with Crippen molar-refractivity contribution in [3.05, 3.63) is 23.3 Å². The predicted molar refractivity (Wildman–Crippen MR) is 94.7 cm³/mol. The maximum atomic E-state index is 12.9. The van der Waals surface area contributed by atoms with Crippen LogP contribution < -0.4 is 10.2 Å². The fraction of sp³-hybridized carbons (Fsp3) is 0.632. The summed E-state index contributed by atoms with van der Waals surface area (Å²) in [6.45, 7) is 11.5. The number of amides is 1. The highest BCUT2D eigenvalue weighted by atomic mass is 16.2. The molecule has 0 spiro atoms. The first-order valence-corrected chi connectivity index (χ1v) is 8.64. The molecule has 0 fully saturated rings. The van der Waals surface area contributed by atoms with Crippen LogP contribution in [0.15, 0.2) is 12.1 Å². The van der Waals surface area contributed by atoms with E-state index in [2.05, 4.69) is 52.1 Å². The van der Waals surface area contributed by atoms with Crippen LogP contribution in [-0.4, -0.2) is 18.5 Å². The number of carbonyl (C=O) groups is 1. The summed E-state index contributed by atoms with van der Waals surface area (Å²) in [5.74, 6) is 0.516. The molecule has 0 saturated heterocycles. The van der Waals surface area contributed by atoms with Gasteiger partial charge in [-0.1, -0.05) is 40.0 Å². The summed E-state index contributed by atoms with van der Waals surface area (Å²) >= 11 is 0. The van der Waals surface area contributed by atoms with E-state index >= 15 is 0 Å². The zero-order chi connectivity index (χ0) is 16.3. The van der Waals surface area contributed by atoms with E-state index in [0.29, 0.717) is 5.92 Å². The van der Waals surface area contributed by atoms with E-state index < -0.39 is 0 Å². The molecule has 2 rings (SSSR count). The third-order valence-electron chi connectivity index (χ3n) is 4.65. The molecule has 1 aliphatic heterocycles. The van der Waals surface area contributed by atoms with Crippen LogP contribution in [0.25, 0.3) is 0 Å². The normalized spacial score (nSPS) is 17.6. The lowest BCUT2D eigenvalue weighted by Gasteiger charge is -2.37. The van der Waals surface area contributed by atoms with E-state index in [1.54, 1.807) is 0 Å². The lowest BCUT2D eigenvalue weighted by Crippen LogP contribution is -2.50. The first-order chi connectivity index (χ1) is 10.5.